The lowest BCUT2D eigenvalue weighted by Gasteiger charge is -2.17. The zero-order valence-corrected chi connectivity index (χ0v) is 16.7. The minimum atomic E-state index is -0.619. The van der Waals surface area contributed by atoms with E-state index in [2.05, 4.69) is 32.4 Å². The van der Waals surface area contributed by atoms with E-state index in [-0.39, 0.29) is 30.5 Å². The van der Waals surface area contributed by atoms with E-state index in [4.69, 9.17) is 10.2 Å². The second kappa shape index (κ2) is 14.7. The van der Waals surface area contributed by atoms with Gasteiger partial charge < -0.3 is 20.1 Å². The highest BCUT2D eigenvalue weighted by Gasteiger charge is 2.24. The van der Waals surface area contributed by atoms with Crippen LogP contribution in [0.1, 0.15) is 67.2 Å². The van der Waals surface area contributed by atoms with Gasteiger partial charge in [0.1, 0.15) is 0 Å². The summed E-state index contributed by atoms with van der Waals surface area (Å²) in [5.74, 6) is 0.592. The van der Waals surface area contributed by atoms with Gasteiger partial charge in [0.2, 0.25) is 0 Å². The Hall–Kier alpha value is -0.650. The molecule has 0 aliphatic carbocycles. The Balaban J connectivity index is 0. The lowest BCUT2D eigenvalue weighted by atomic mass is 9.94. The maximum Gasteiger partial charge on any atom is 0.311 e. The van der Waals surface area contributed by atoms with Crippen molar-refractivity contribution in [1.29, 1.82) is 0 Å². The standard InChI is InChI=1S/C10H20O3.C9H20O2/c1-7(2)5-6-9(8(3)11)10(12)13-4;1-7(2)4-5-9(6-10)8(3)11/h7-9,11H,5-6H2,1-4H3;7-11H,4-6H2,1-3H3/t8-,9-;8-,9+/m00/s1. The number of hydrogen-bond acceptors (Lipinski definition) is 5. The van der Waals surface area contributed by atoms with Crippen molar-refractivity contribution in [3.63, 3.8) is 0 Å². The van der Waals surface area contributed by atoms with E-state index in [0.717, 1.165) is 19.3 Å². The summed E-state index contributed by atoms with van der Waals surface area (Å²) in [6, 6.07) is 0. The Morgan fingerprint density at radius 1 is 0.833 bits per heavy atom. The molecule has 5 heteroatoms. The molecular weight excluding hydrogens is 308 g/mol. The van der Waals surface area contributed by atoms with Crippen LogP contribution in [-0.4, -0.2) is 47.2 Å². The van der Waals surface area contributed by atoms with E-state index in [9.17, 15) is 9.90 Å². The van der Waals surface area contributed by atoms with Crippen LogP contribution in [0.3, 0.4) is 0 Å². The highest BCUT2D eigenvalue weighted by Crippen LogP contribution is 2.17. The molecule has 0 unspecified atom stereocenters. The Kier molecular flexibility index (Phi) is 15.6. The summed E-state index contributed by atoms with van der Waals surface area (Å²) in [5.41, 5.74) is 0. The minimum absolute atomic E-state index is 0.0670. The van der Waals surface area contributed by atoms with Gasteiger partial charge in [0.15, 0.2) is 0 Å². The third kappa shape index (κ3) is 13.8. The van der Waals surface area contributed by atoms with Gasteiger partial charge >= 0.3 is 5.97 Å². The van der Waals surface area contributed by atoms with Crippen molar-refractivity contribution in [2.75, 3.05) is 13.7 Å². The quantitative estimate of drug-likeness (QED) is 0.528. The van der Waals surface area contributed by atoms with Crippen LogP contribution in [0.2, 0.25) is 0 Å². The van der Waals surface area contributed by atoms with Gasteiger partial charge in [-0.05, 0) is 38.5 Å². The molecule has 24 heavy (non-hydrogen) atoms. The van der Waals surface area contributed by atoms with E-state index in [1.807, 2.05) is 0 Å². The van der Waals surface area contributed by atoms with Crippen LogP contribution in [-0.2, 0) is 9.53 Å². The summed E-state index contributed by atoms with van der Waals surface area (Å²) in [6.07, 6.45) is 2.64. The predicted molar refractivity (Wildman–Crippen MR) is 97.6 cm³/mol. The molecule has 0 saturated carbocycles. The Morgan fingerprint density at radius 3 is 1.58 bits per heavy atom. The Labute approximate surface area is 148 Å². The first-order valence-electron chi connectivity index (χ1n) is 9.11. The number of hydrogen-bond donors (Lipinski definition) is 3. The number of carbonyl (C=O) groups is 1. The van der Waals surface area contributed by atoms with Crippen LogP contribution < -0.4 is 0 Å². The van der Waals surface area contributed by atoms with Crippen LogP contribution in [0.15, 0.2) is 0 Å². The van der Waals surface area contributed by atoms with Gasteiger partial charge in [-0.3, -0.25) is 4.79 Å². The monoisotopic (exact) mass is 348 g/mol. The SMILES string of the molecule is CC(C)CC[C@H](CO)[C@H](C)O.COC(=O)[C@@H](CCC(C)C)[C@H](C)O. The molecule has 0 amide bonds. The number of rotatable bonds is 10. The molecule has 0 rings (SSSR count). The molecule has 0 bridgehead atoms. The second-order valence-corrected chi connectivity index (χ2v) is 7.50. The van der Waals surface area contributed by atoms with Gasteiger partial charge in [0.05, 0.1) is 25.2 Å². The first-order valence-corrected chi connectivity index (χ1v) is 9.11. The maximum atomic E-state index is 11.2. The third-order valence-electron chi connectivity index (χ3n) is 4.17. The van der Waals surface area contributed by atoms with Crippen molar-refractivity contribution in [1.82, 2.24) is 0 Å². The molecule has 0 aromatic rings. The maximum absolute atomic E-state index is 11.2. The van der Waals surface area contributed by atoms with Crippen LogP contribution >= 0.6 is 0 Å². The van der Waals surface area contributed by atoms with E-state index < -0.39 is 6.10 Å². The first kappa shape index (κ1) is 25.6. The molecule has 0 radical (unpaired) electrons. The zero-order chi connectivity index (χ0) is 19.3. The zero-order valence-electron chi connectivity index (χ0n) is 16.7. The number of aliphatic hydroxyl groups excluding tert-OH is 3. The fraction of sp³-hybridized carbons (Fsp3) is 0.947. The van der Waals surface area contributed by atoms with E-state index in [1.165, 1.54) is 7.11 Å². The smallest absolute Gasteiger partial charge is 0.311 e. The van der Waals surface area contributed by atoms with Crippen molar-refractivity contribution in [2.24, 2.45) is 23.7 Å². The summed E-state index contributed by atoms with van der Waals surface area (Å²) in [4.78, 5) is 11.2. The number of carbonyl (C=O) groups excluding carboxylic acids is 1. The molecule has 5 nitrogen and oxygen atoms in total. The Morgan fingerprint density at radius 2 is 1.29 bits per heavy atom. The largest absolute Gasteiger partial charge is 0.469 e. The highest BCUT2D eigenvalue weighted by atomic mass is 16.5. The van der Waals surface area contributed by atoms with Crippen molar-refractivity contribution in [3.8, 4) is 0 Å². The molecule has 0 spiro atoms. The summed E-state index contributed by atoms with van der Waals surface area (Å²) >= 11 is 0. The summed E-state index contributed by atoms with van der Waals surface area (Å²) in [5, 5.41) is 27.3. The van der Waals surface area contributed by atoms with Crippen molar-refractivity contribution in [2.45, 2.75) is 79.4 Å². The highest BCUT2D eigenvalue weighted by molar-refractivity contribution is 5.72. The molecule has 3 N–H and O–H groups in total. The molecule has 0 aliphatic heterocycles. The molecule has 0 aliphatic rings. The topological polar surface area (TPSA) is 87.0 Å². The first-order chi connectivity index (χ1) is 11.1. The molecule has 0 saturated heterocycles. The van der Waals surface area contributed by atoms with Gasteiger partial charge in [0, 0.05) is 12.5 Å². The molecule has 0 aromatic carbocycles. The van der Waals surface area contributed by atoms with E-state index >= 15 is 0 Å². The van der Waals surface area contributed by atoms with Gasteiger partial charge in [0.25, 0.3) is 0 Å². The number of ether oxygens (including phenoxy) is 1. The van der Waals surface area contributed by atoms with Crippen LogP contribution in [0, 0.1) is 23.7 Å². The van der Waals surface area contributed by atoms with Gasteiger partial charge in [-0.15, -0.1) is 0 Å². The fourth-order valence-electron chi connectivity index (χ4n) is 2.25. The molecule has 146 valence electrons. The molecule has 0 aromatic heterocycles. The number of methoxy groups -OCH3 is 1. The normalized spacial score (nSPS) is 16.2. The lowest BCUT2D eigenvalue weighted by Crippen LogP contribution is -2.27. The lowest BCUT2D eigenvalue weighted by molar-refractivity contribution is -0.149. The van der Waals surface area contributed by atoms with E-state index in [0.29, 0.717) is 18.3 Å². The van der Waals surface area contributed by atoms with Crippen molar-refractivity contribution >= 4 is 5.97 Å². The second-order valence-electron chi connectivity index (χ2n) is 7.50. The van der Waals surface area contributed by atoms with Gasteiger partial charge in [-0.1, -0.05) is 40.5 Å². The average molecular weight is 349 g/mol. The summed E-state index contributed by atoms with van der Waals surface area (Å²) < 4.78 is 4.61. The Bertz CT molecular complexity index is 300. The third-order valence-corrected chi connectivity index (χ3v) is 4.17. The van der Waals surface area contributed by atoms with Crippen molar-refractivity contribution < 1.29 is 24.9 Å². The molecular formula is C19H40O5. The minimum Gasteiger partial charge on any atom is -0.469 e. The van der Waals surface area contributed by atoms with Gasteiger partial charge in [-0.2, -0.15) is 0 Å². The average Bonchev–Trinajstić information content (AvgIpc) is 2.47. The van der Waals surface area contributed by atoms with Crippen LogP contribution in [0.25, 0.3) is 0 Å². The van der Waals surface area contributed by atoms with E-state index in [1.54, 1.807) is 13.8 Å². The van der Waals surface area contributed by atoms with Gasteiger partial charge in [-0.25, -0.2) is 0 Å². The predicted octanol–water partition coefficient (Wildman–Crippen LogP) is 3.00. The number of aliphatic hydroxyl groups is 3. The fourth-order valence-corrected chi connectivity index (χ4v) is 2.25. The summed E-state index contributed by atoms with van der Waals surface area (Å²) in [6.45, 7) is 12.0. The molecule has 0 fully saturated rings. The van der Waals surface area contributed by atoms with Crippen molar-refractivity contribution in [3.05, 3.63) is 0 Å². The van der Waals surface area contributed by atoms with Crippen LogP contribution in [0.5, 0.6) is 0 Å². The van der Waals surface area contributed by atoms with Crippen LogP contribution in [0.4, 0.5) is 0 Å². The summed E-state index contributed by atoms with van der Waals surface area (Å²) in [7, 11) is 1.35. The number of esters is 1. The molecule has 4 atom stereocenters. The molecule has 0 heterocycles.